The van der Waals surface area contributed by atoms with Crippen LogP contribution in [0.2, 0.25) is 5.02 Å². The minimum absolute atomic E-state index is 0.109. The van der Waals surface area contributed by atoms with Crippen LogP contribution in [0.15, 0.2) is 42.5 Å². The quantitative estimate of drug-likeness (QED) is 0.781. The van der Waals surface area contributed by atoms with Crippen molar-refractivity contribution in [2.45, 2.75) is 6.42 Å². The fourth-order valence-corrected chi connectivity index (χ4v) is 3.30. The summed E-state index contributed by atoms with van der Waals surface area (Å²) in [5.74, 6) is -0.776. The summed E-state index contributed by atoms with van der Waals surface area (Å²) in [5.41, 5.74) is 1.24. The number of hydrogen-bond acceptors (Lipinski definition) is 3. The Balaban J connectivity index is 1.61. The predicted octanol–water partition coefficient (Wildman–Crippen LogP) is 4.06. The Morgan fingerprint density at radius 2 is 2.09 bits per heavy atom. The highest BCUT2D eigenvalue weighted by Crippen LogP contribution is 2.21. The molecule has 0 atom stereocenters. The maximum absolute atomic E-state index is 13.0. The first-order valence-corrected chi connectivity index (χ1v) is 7.90. The van der Waals surface area contributed by atoms with E-state index in [0.717, 1.165) is 21.3 Å². The zero-order valence-electron chi connectivity index (χ0n) is 11.5. The van der Waals surface area contributed by atoms with Crippen molar-refractivity contribution in [2.24, 2.45) is 0 Å². The number of nitrogens with zero attached hydrogens (tertiary/aromatic N) is 1. The van der Waals surface area contributed by atoms with Gasteiger partial charge in [-0.05, 0) is 30.3 Å². The molecule has 0 spiro atoms. The molecule has 3 nitrogen and oxygen atoms in total. The van der Waals surface area contributed by atoms with Gasteiger partial charge in [-0.25, -0.2) is 9.37 Å². The van der Waals surface area contributed by atoms with Crippen LogP contribution in [0, 0.1) is 5.82 Å². The molecule has 0 saturated carbocycles. The van der Waals surface area contributed by atoms with Gasteiger partial charge in [0.1, 0.15) is 5.82 Å². The van der Waals surface area contributed by atoms with E-state index in [0.29, 0.717) is 13.0 Å². The summed E-state index contributed by atoms with van der Waals surface area (Å²) in [5, 5.41) is 3.85. The summed E-state index contributed by atoms with van der Waals surface area (Å²) in [6, 6.07) is 11.6. The first-order chi connectivity index (χ1) is 10.6. The minimum atomic E-state index is -0.462. The smallest absolute Gasteiger partial charge is 0.252 e. The molecular weight excluding hydrogens is 323 g/mol. The Bertz CT molecular complexity index is 801. The van der Waals surface area contributed by atoms with Crippen LogP contribution >= 0.6 is 22.9 Å². The third-order valence-electron chi connectivity index (χ3n) is 3.14. The van der Waals surface area contributed by atoms with Crippen LogP contribution in [0.5, 0.6) is 0 Å². The molecule has 3 rings (SSSR count). The van der Waals surface area contributed by atoms with Crippen molar-refractivity contribution in [3.8, 4) is 0 Å². The van der Waals surface area contributed by atoms with E-state index in [-0.39, 0.29) is 16.5 Å². The number of carbonyl (C=O) groups is 1. The number of benzene rings is 2. The predicted molar refractivity (Wildman–Crippen MR) is 87.1 cm³/mol. The highest BCUT2D eigenvalue weighted by atomic mass is 35.5. The molecule has 0 unspecified atom stereocenters. The molecule has 0 aliphatic rings. The van der Waals surface area contributed by atoms with Gasteiger partial charge in [0.15, 0.2) is 0 Å². The van der Waals surface area contributed by atoms with Crippen LogP contribution in [-0.2, 0) is 6.42 Å². The Kier molecular flexibility index (Phi) is 4.36. The van der Waals surface area contributed by atoms with Gasteiger partial charge in [-0.15, -0.1) is 11.3 Å². The topological polar surface area (TPSA) is 42.0 Å². The first-order valence-electron chi connectivity index (χ1n) is 6.71. The van der Waals surface area contributed by atoms with E-state index in [4.69, 9.17) is 11.6 Å². The zero-order valence-corrected chi connectivity index (χ0v) is 13.0. The van der Waals surface area contributed by atoms with Gasteiger partial charge in [0, 0.05) is 13.0 Å². The summed E-state index contributed by atoms with van der Waals surface area (Å²) in [7, 11) is 0. The SMILES string of the molecule is O=C(NCCc1nc2ccccc2s1)c1ccc(F)cc1Cl. The Hall–Kier alpha value is -1.98. The van der Waals surface area contributed by atoms with E-state index in [2.05, 4.69) is 10.3 Å². The Morgan fingerprint density at radius 3 is 2.86 bits per heavy atom. The molecule has 112 valence electrons. The van der Waals surface area contributed by atoms with E-state index in [1.165, 1.54) is 12.1 Å². The lowest BCUT2D eigenvalue weighted by molar-refractivity contribution is 0.0954. The van der Waals surface area contributed by atoms with E-state index < -0.39 is 5.82 Å². The van der Waals surface area contributed by atoms with Crippen molar-refractivity contribution >= 4 is 39.1 Å². The summed E-state index contributed by atoms with van der Waals surface area (Å²) in [6.07, 6.45) is 0.643. The van der Waals surface area contributed by atoms with E-state index >= 15 is 0 Å². The lowest BCUT2D eigenvalue weighted by Crippen LogP contribution is -2.25. The normalized spacial score (nSPS) is 10.8. The largest absolute Gasteiger partial charge is 0.352 e. The second-order valence-electron chi connectivity index (χ2n) is 4.71. The number of aromatic nitrogens is 1. The summed E-state index contributed by atoms with van der Waals surface area (Å²) in [4.78, 5) is 16.5. The number of halogens is 2. The Labute approximate surface area is 135 Å². The van der Waals surface area contributed by atoms with Crippen molar-refractivity contribution in [3.63, 3.8) is 0 Å². The zero-order chi connectivity index (χ0) is 15.5. The molecule has 0 saturated heterocycles. The molecule has 6 heteroatoms. The molecule has 1 N–H and O–H groups in total. The molecular formula is C16H12ClFN2OS. The number of rotatable bonds is 4. The highest BCUT2D eigenvalue weighted by Gasteiger charge is 2.11. The van der Waals surface area contributed by atoms with Gasteiger partial charge in [0.25, 0.3) is 5.91 Å². The molecule has 1 heterocycles. The van der Waals surface area contributed by atoms with E-state index in [1.54, 1.807) is 11.3 Å². The number of carbonyl (C=O) groups excluding carboxylic acids is 1. The number of nitrogens with one attached hydrogen (secondary N) is 1. The molecule has 0 aliphatic heterocycles. The van der Waals surface area contributed by atoms with Crippen molar-refractivity contribution in [3.05, 3.63) is 63.9 Å². The monoisotopic (exact) mass is 334 g/mol. The van der Waals surface area contributed by atoms with Crippen LogP contribution < -0.4 is 5.32 Å². The molecule has 22 heavy (non-hydrogen) atoms. The average Bonchev–Trinajstić information content (AvgIpc) is 2.89. The molecule has 1 amide bonds. The minimum Gasteiger partial charge on any atom is -0.352 e. The third-order valence-corrected chi connectivity index (χ3v) is 4.55. The lowest BCUT2D eigenvalue weighted by Gasteiger charge is -2.05. The fraction of sp³-hybridized carbons (Fsp3) is 0.125. The van der Waals surface area contributed by atoms with Crippen LogP contribution in [0.25, 0.3) is 10.2 Å². The molecule has 0 bridgehead atoms. The molecule has 1 aromatic heterocycles. The van der Waals surface area contributed by atoms with Gasteiger partial charge in [0.05, 0.1) is 25.8 Å². The molecule has 2 aromatic carbocycles. The number of hydrogen-bond donors (Lipinski definition) is 1. The van der Waals surface area contributed by atoms with Gasteiger partial charge in [-0.2, -0.15) is 0 Å². The van der Waals surface area contributed by atoms with E-state index in [9.17, 15) is 9.18 Å². The lowest BCUT2D eigenvalue weighted by atomic mass is 10.2. The summed E-state index contributed by atoms with van der Waals surface area (Å²) < 4.78 is 14.1. The van der Waals surface area contributed by atoms with Gasteiger partial charge in [-0.1, -0.05) is 23.7 Å². The van der Waals surface area contributed by atoms with Crippen molar-refractivity contribution in [1.29, 1.82) is 0 Å². The number of thiazole rings is 1. The van der Waals surface area contributed by atoms with E-state index in [1.807, 2.05) is 24.3 Å². The number of fused-ring (bicyclic) bond motifs is 1. The summed E-state index contributed by atoms with van der Waals surface area (Å²) >= 11 is 7.47. The summed E-state index contributed by atoms with van der Waals surface area (Å²) in [6.45, 7) is 0.451. The first kappa shape index (κ1) is 14.9. The van der Waals surface area contributed by atoms with Crippen LogP contribution in [0.3, 0.4) is 0 Å². The van der Waals surface area contributed by atoms with Crippen molar-refractivity contribution < 1.29 is 9.18 Å². The van der Waals surface area contributed by atoms with Crippen LogP contribution in [-0.4, -0.2) is 17.4 Å². The second kappa shape index (κ2) is 6.42. The van der Waals surface area contributed by atoms with Crippen LogP contribution in [0.1, 0.15) is 15.4 Å². The molecule has 0 fully saturated rings. The van der Waals surface area contributed by atoms with Crippen LogP contribution in [0.4, 0.5) is 4.39 Å². The maximum atomic E-state index is 13.0. The third kappa shape index (κ3) is 3.26. The second-order valence-corrected chi connectivity index (χ2v) is 6.23. The molecule has 0 aliphatic carbocycles. The molecule has 0 radical (unpaired) electrons. The Morgan fingerprint density at radius 1 is 1.27 bits per heavy atom. The fourth-order valence-electron chi connectivity index (χ4n) is 2.08. The number of para-hydroxylation sites is 1. The molecule has 3 aromatic rings. The van der Waals surface area contributed by atoms with Gasteiger partial charge in [0.2, 0.25) is 0 Å². The number of amides is 1. The van der Waals surface area contributed by atoms with Crippen molar-refractivity contribution in [2.75, 3.05) is 6.54 Å². The maximum Gasteiger partial charge on any atom is 0.252 e. The standard InChI is InChI=1S/C16H12ClFN2OS/c17-12-9-10(18)5-6-11(12)16(21)19-8-7-15-20-13-3-1-2-4-14(13)22-15/h1-6,9H,7-8H2,(H,19,21). The van der Waals surface area contributed by atoms with Crippen molar-refractivity contribution in [1.82, 2.24) is 10.3 Å². The van der Waals surface area contributed by atoms with Gasteiger partial charge in [-0.3, -0.25) is 4.79 Å². The average molecular weight is 335 g/mol. The van der Waals surface area contributed by atoms with Gasteiger partial charge < -0.3 is 5.32 Å². The van der Waals surface area contributed by atoms with Gasteiger partial charge >= 0.3 is 0 Å². The highest BCUT2D eigenvalue weighted by molar-refractivity contribution is 7.18.